The van der Waals surface area contributed by atoms with Crippen molar-refractivity contribution >= 4 is 22.6 Å². The molecule has 1 heterocycles. The van der Waals surface area contributed by atoms with Crippen molar-refractivity contribution in [1.29, 1.82) is 0 Å². The molecule has 0 aliphatic carbocycles. The first kappa shape index (κ1) is 20.7. The maximum absolute atomic E-state index is 12.8. The van der Waals surface area contributed by atoms with Crippen LogP contribution in [0.5, 0.6) is 0 Å². The van der Waals surface area contributed by atoms with Gasteiger partial charge in [0, 0.05) is 24.8 Å². The number of nitrogens with zero attached hydrogens (tertiary/aromatic N) is 2. The van der Waals surface area contributed by atoms with Crippen molar-refractivity contribution in [2.45, 2.75) is 27.3 Å². The number of benzene rings is 3. The maximum atomic E-state index is 12.8. The van der Waals surface area contributed by atoms with E-state index in [1.165, 1.54) is 0 Å². The highest BCUT2D eigenvalue weighted by Gasteiger charge is 2.18. The van der Waals surface area contributed by atoms with Crippen LogP contribution in [0.2, 0.25) is 0 Å². The zero-order chi connectivity index (χ0) is 22.2. The third kappa shape index (κ3) is 4.31. The minimum absolute atomic E-state index is 0.00275. The number of aryl methyl sites for hydroxylation is 1. The van der Waals surface area contributed by atoms with Crippen LogP contribution in [0, 0.1) is 5.41 Å². The molecule has 0 atom stereocenters. The van der Waals surface area contributed by atoms with E-state index < -0.39 is 0 Å². The van der Waals surface area contributed by atoms with Crippen LogP contribution in [-0.4, -0.2) is 15.0 Å². The van der Waals surface area contributed by atoms with Crippen LogP contribution in [0.1, 0.15) is 31.1 Å². The third-order valence-corrected chi connectivity index (χ3v) is 5.27. The van der Waals surface area contributed by atoms with Gasteiger partial charge in [-0.1, -0.05) is 57.2 Å². The van der Waals surface area contributed by atoms with E-state index in [1.54, 1.807) is 17.7 Å². The van der Waals surface area contributed by atoms with Gasteiger partial charge in [-0.15, -0.1) is 0 Å². The summed E-state index contributed by atoms with van der Waals surface area (Å²) < 4.78 is 3.53. The molecule has 31 heavy (non-hydrogen) atoms. The van der Waals surface area contributed by atoms with E-state index in [9.17, 15) is 9.59 Å². The lowest BCUT2D eigenvalue weighted by molar-refractivity contribution is 0.102. The monoisotopic (exact) mass is 413 g/mol. The second-order valence-electron chi connectivity index (χ2n) is 9.09. The van der Waals surface area contributed by atoms with E-state index in [-0.39, 0.29) is 17.0 Å². The summed E-state index contributed by atoms with van der Waals surface area (Å²) in [7, 11) is 1.80. The molecule has 3 aromatic carbocycles. The summed E-state index contributed by atoms with van der Waals surface area (Å²) in [6, 6.07) is 23.0. The van der Waals surface area contributed by atoms with E-state index in [0.717, 1.165) is 27.8 Å². The van der Waals surface area contributed by atoms with Crippen LogP contribution in [0.3, 0.4) is 0 Å². The van der Waals surface area contributed by atoms with E-state index in [4.69, 9.17) is 0 Å². The highest BCUT2D eigenvalue weighted by molar-refractivity contribution is 6.05. The largest absolute Gasteiger partial charge is 0.328 e. The topological polar surface area (TPSA) is 56.0 Å². The predicted molar refractivity (Wildman–Crippen MR) is 126 cm³/mol. The van der Waals surface area contributed by atoms with Gasteiger partial charge in [0.15, 0.2) is 0 Å². The van der Waals surface area contributed by atoms with Crippen LogP contribution in [-0.2, 0) is 13.6 Å². The molecule has 0 bridgehead atoms. The highest BCUT2D eigenvalue weighted by Crippen LogP contribution is 2.26. The predicted octanol–water partition coefficient (Wildman–Crippen LogP) is 5.31. The number of carbonyl (C=O) groups excluding carboxylic acids is 1. The lowest BCUT2D eigenvalue weighted by Gasteiger charge is -2.18. The lowest BCUT2D eigenvalue weighted by atomic mass is 9.97. The zero-order valence-electron chi connectivity index (χ0n) is 18.3. The Bertz CT molecular complexity index is 1310. The van der Waals surface area contributed by atoms with Crippen LogP contribution in [0.15, 0.2) is 77.6 Å². The summed E-state index contributed by atoms with van der Waals surface area (Å²) in [4.78, 5) is 25.5. The first-order chi connectivity index (χ1) is 14.7. The number of fused-ring (bicyclic) bond motifs is 1. The van der Waals surface area contributed by atoms with Gasteiger partial charge in [0.05, 0.1) is 11.0 Å². The Morgan fingerprint density at radius 1 is 0.871 bits per heavy atom. The minimum atomic E-state index is -0.155. The van der Waals surface area contributed by atoms with Gasteiger partial charge >= 0.3 is 5.69 Å². The van der Waals surface area contributed by atoms with E-state index in [1.807, 2.05) is 71.3 Å². The van der Waals surface area contributed by atoms with Gasteiger partial charge in [-0.25, -0.2) is 4.79 Å². The minimum Gasteiger partial charge on any atom is -0.322 e. The molecular weight excluding hydrogens is 386 g/mol. The van der Waals surface area contributed by atoms with Gasteiger partial charge < -0.3 is 5.32 Å². The number of aromatic nitrogens is 2. The lowest BCUT2D eigenvalue weighted by Crippen LogP contribution is -2.27. The summed E-state index contributed by atoms with van der Waals surface area (Å²) in [5, 5.41) is 2.92. The number of imidazole rings is 1. The third-order valence-electron chi connectivity index (χ3n) is 5.27. The van der Waals surface area contributed by atoms with Crippen molar-refractivity contribution in [2.75, 3.05) is 5.32 Å². The van der Waals surface area contributed by atoms with Crippen molar-refractivity contribution < 1.29 is 4.79 Å². The molecule has 5 heteroatoms. The molecule has 0 aliphatic rings. The second kappa shape index (κ2) is 7.91. The average Bonchev–Trinajstić information content (AvgIpc) is 2.98. The van der Waals surface area contributed by atoms with Crippen LogP contribution in [0.25, 0.3) is 22.2 Å². The van der Waals surface area contributed by atoms with E-state index >= 15 is 0 Å². The van der Waals surface area contributed by atoms with Gasteiger partial charge in [0.1, 0.15) is 0 Å². The summed E-state index contributed by atoms with van der Waals surface area (Å²) in [6.45, 7) is 7.02. The Kier molecular flexibility index (Phi) is 5.27. The molecule has 1 amide bonds. The molecule has 0 radical (unpaired) electrons. The van der Waals surface area contributed by atoms with Gasteiger partial charge in [-0.05, 0) is 52.9 Å². The van der Waals surface area contributed by atoms with Crippen molar-refractivity contribution in [3.63, 3.8) is 0 Å². The number of para-hydroxylation sites is 1. The van der Waals surface area contributed by atoms with E-state index in [0.29, 0.717) is 12.1 Å². The SMILES string of the molecule is Cn1c(=O)n(CC(C)(C)C)c2ccc(-c3cccc(C(=O)Nc4ccccc4)c3)cc21. The maximum Gasteiger partial charge on any atom is 0.328 e. The Morgan fingerprint density at radius 2 is 1.58 bits per heavy atom. The molecule has 4 rings (SSSR count). The molecular formula is C26H27N3O2. The molecule has 158 valence electrons. The summed E-state index contributed by atoms with van der Waals surface area (Å²) in [5.74, 6) is -0.155. The Balaban J connectivity index is 1.69. The zero-order valence-corrected chi connectivity index (χ0v) is 18.3. The normalized spacial score (nSPS) is 11.6. The Labute approximate surface area is 182 Å². The Hall–Kier alpha value is -3.60. The smallest absolute Gasteiger partial charge is 0.322 e. The molecule has 0 spiro atoms. The van der Waals surface area contributed by atoms with Crippen molar-refractivity contribution in [3.05, 3.63) is 88.8 Å². The number of amides is 1. The molecule has 0 aliphatic heterocycles. The van der Waals surface area contributed by atoms with Crippen molar-refractivity contribution in [1.82, 2.24) is 9.13 Å². The molecule has 1 aromatic heterocycles. The number of anilines is 1. The summed E-state index contributed by atoms with van der Waals surface area (Å²) >= 11 is 0. The average molecular weight is 414 g/mol. The standard InChI is InChI=1S/C26H27N3O2/c1-26(2,3)17-29-22-14-13-19(16-23(22)28(4)25(29)31)18-9-8-10-20(15-18)24(30)27-21-11-6-5-7-12-21/h5-16H,17H2,1-4H3,(H,27,30). The summed E-state index contributed by atoms with van der Waals surface area (Å²) in [5.41, 5.74) is 5.02. The summed E-state index contributed by atoms with van der Waals surface area (Å²) in [6.07, 6.45) is 0. The number of hydrogen-bond donors (Lipinski definition) is 1. The fourth-order valence-corrected chi connectivity index (χ4v) is 3.78. The van der Waals surface area contributed by atoms with Gasteiger partial charge in [-0.3, -0.25) is 13.9 Å². The first-order valence-electron chi connectivity index (χ1n) is 10.4. The molecule has 0 fully saturated rings. The number of nitrogens with one attached hydrogen (secondary N) is 1. The van der Waals surface area contributed by atoms with Crippen LogP contribution < -0.4 is 11.0 Å². The molecule has 0 saturated carbocycles. The number of rotatable bonds is 4. The first-order valence-corrected chi connectivity index (χ1v) is 10.4. The van der Waals surface area contributed by atoms with E-state index in [2.05, 4.69) is 26.1 Å². The van der Waals surface area contributed by atoms with Gasteiger partial charge in [0.2, 0.25) is 0 Å². The molecule has 0 unspecified atom stereocenters. The second-order valence-corrected chi connectivity index (χ2v) is 9.09. The van der Waals surface area contributed by atoms with Crippen molar-refractivity contribution in [3.8, 4) is 11.1 Å². The Morgan fingerprint density at radius 3 is 2.29 bits per heavy atom. The molecule has 4 aromatic rings. The molecule has 1 N–H and O–H groups in total. The number of carbonyl (C=O) groups is 1. The highest BCUT2D eigenvalue weighted by atomic mass is 16.2. The number of hydrogen-bond acceptors (Lipinski definition) is 2. The van der Waals surface area contributed by atoms with Crippen LogP contribution >= 0.6 is 0 Å². The fraction of sp³-hybridized carbons (Fsp3) is 0.231. The van der Waals surface area contributed by atoms with Gasteiger partial charge in [0.25, 0.3) is 5.91 Å². The van der Waals surface area contributed by atoms with Crippen LogP contribution in [0.4, 0.5) is 5.69 Å². The van der Waals surface area contributed by atoms with Crippen molar-refractivity contribution in [2.24, 2.45) is 12.5 Å². The molecule has 0 saturated heterocycles. The quantitative estimate of drug-likeness (QED) is 0.493. The van der Waals surface area contributed by atoms with Gasteiger partial charge in [-0.2, -0.15) is 0 Å². The molecule has 5 nitrogen and oxygen atoms in total. The fourth-order valence-electron chi connectivity index (χ4n) is 3.78.